The monoisotopic (exact) mass is 418 g/mol. The summed E-state index contributed by atoms with van der Waals surface area (Å²) in [5, 5.41) is 2.74. The molecule has 0 radical (unpaired) electrons. The molecule has 1 spiro atoms. The van der Waals surface area contributed by atoms with E-state index in [9.17, 15) is 22.8 Å². The van der Waals surface area contributed by atoms with Gasteiger partial charge in [-0.3, -0.25) is 4.79 Å². The summed E-state index contributed by atoms with van der Waals surface area (Å²) in [4.78, 5) is 25.3. The SMILES string of the molecule is O=C1NC2(CO1)CN(C(=O)[C@H]1C[C@@H](OCc3ccc(C(F)(F)F)cc3Cl)C1)C2. The predicted molar refractivity (Wildman–Crippen MR) is 91.5 cm³/mol. The van der Waals surface area contributed by atoms with Crippen LogP contribution < -0.4 is 5.32 Å². The van der Waals surface area contributed by atoms with Crippen LogP contribution in [-0.4, -0.2) is 48.2 Å². The number of hydrogen-bond acceptors (Lipinski definition) is 4. The van der Waals surface area contributed by atoms with Gasteiger partial charge in [0.2, 0.25) is 5.91 Å². The van der Waals surface area contributed by atoms with Crippen molar-refractivity contribution in [3.63, 3.8) is 0 Å². The Hall–Kier alpha value is -2.00. The third-order valence-corrected chi connectivity index (χ3v) is 5.80. The number of rotatable bonds is 4. The maximum Gasteiger partial charge on any atom is 0.416 e. The minimum absolute atomic E-state index is 0.00785. The van der Waals surface area contributed by atoms with E-state index in [0.717, 1.165) is 12.1 Å². The fourth-order valence-electron chi connectivity index (χ4n) is 3.71. The second-order valence-electron chi connectivity index (χ2n) is 7.58. The van der Waals surface area contributed by atoms with Crippen molar-refractivity contribution in [2.75, 3.05) is 19.7 Å². The molecule has 4 rings (SSSR count). The highest BCUT2D eigenvalue weighted by molar-refractivity contribution is 6.31. The molecule has 0 unspecified atom stereocenters. The summed E-state index contributed by atoms with van der Waals surface area (Å²) >= 11 is 5.92. The predicted octanol–water partition coefficient (Wildman–Crippen LogP) is 2.97. The minimum Gasteiger partial charge on any atom is -0.447 e. The maximum absolute atomic E-state index is 12.7. The number of nitrogens with zero attached hydrogens (tertiary/aromatic N) is 1. The Balaban J connectivity index is 1.21. The van der Waals surface area contributed by atoms with E-state index >= 15 is 0 Å². The average Bonchev–Trinajstić information content (AvgIpc) is 2.94. The molecule has 0 aromatic heterocycles. The van der Waals surface area contributed by atoms with E-state index < -0.39 is 23.4 Å². The smallest absolute Gasteiger partial charge is 0.416 e. The van der Waals surface area contributed by atoms with Crippen LogP contribution in [0.5, 0.6) is 0 Å². The zero-order valence-electron chi connectivity index (χ0n) is 14.7. The van der Waals surface area contributed by atoms with E-state index in [1.165, 1.54) is 6.07 Å². The zero-order valence-corrected chi connectivity index (χ0v) is 15.5. The highest BCUT2D eigenvalue weighted by Crippen LogP contribution is 2.37. The molecule has 2 amide bonds. The first-order valence-electron chi connectivity index (χ1n) is 8.86. The van der Waals surface area contributed by atoms with Gasteiger partial charge in [0.1, 0.15) is 12.1 Å². The number of hydrogen-bond donors (Lipinski definition) is 1. The van der Waals surface area contributed by atoms with Crippen molar-refractivity contribution in [3.8, 4) is 0 Å². The highest BCUT2D eigenvalue weighted by Gasteiger charge is 2.53. The Labute approximate surface area is 163 Å². The molecular formula is C18H18ClF3N2O4. The van der Waals surface area contributed by atoms with E-state index in [1.807, 2.05) is 0 Å². The van der Waals surface area contributed by atoms with Crippen molar-refractivity contribution in [2.24, 2.45) is 5.92 Å². The van der Waals surface area contributed by atoms with Crippen LogP contribution in [-0.2, 0) is 27.1 Å². The van der Waals surface area contributed by atoms with Crippen molar-refractivity contribution in [1.82, 2.24) is 10.2 Å². The first kappa shape index (κ1) is 19.3. The molecule has 0 atom stereocenters. The van der Waals surface area contributed by atoms with Crippen molar-refractivity contribution in [3.05, 3.63) is 34.3 Å². The molecule has 3 aliphatic rings. The number of carbonyl (C=O) groups is 2. The van der Waals surface area contributed by atoms with Gasteiger partial charge in [0, 0.05) is 24.0 Å². The molecule has 152 valence electrons. The Bertz CT molecular complexity index is 805. The van der Waals surface area contributed by atoms with Gasteiger partial charge in [-0.1, -0.05) is 17.7 Å². The molecule has 28 heavy (non-hydrogen) atoms. The second kappa shape index (κ2) is 6.81. The Morgan fingerprint density at radius 2 is 2.07 bits per heavy atom. The summed E-state index contributed by atoms with van der Waals surface area (Å²) in [6.45, 7) is 1.26. The summed E-state index contributed by atoms with van der Waals surface area (Å²) in [6, 6.07) is 3.17. The number of nitrogens with one attached hydrogen (secondary N) is 1. The number of cyclic esters (lactones) is 1. The van der Waals surface area contributed by atoms with Crippen molar-refractivity contribution in [1.29, 1.82) is 0 Å². The Morgan fingerprint density at radius 1 is 1.36 bits per heavy atom. The molecule has 6 nitrogen and oxygen atoms in total. The summed E-state index contributed by atoms with van der Waals surface area (Å²) in [5.41, 5.74) is -0.760. The quantitative estimate of drug-likeness (QED) is 0.816. The van der Waals surface area contributed by atoms with E-state index in [-0.39, 0.29) is 36.2 Å². The van der Waals surface area contributed by atoms with Crippen LogP contribution in [0.2, 0.25) is 5.02 Å². The van der Waals surface area contributed by atoms with Crippen LogP contribution in [0.3, 0.4) is 0 Å². The molecule has 1 N–H and O–H groups in total. The number of alkyl halides is 3. The molecule has 2 saturated heterocycles. The van der Waals surface area contributed by atoms with Crippen LogP contribution in [0.25, 0.3) is 0 Å². The molecule has 0 bridgehead atoms. The first-order chi connectivity index (χ1) is 13.2. The lowest BCUT2D eigenvalue weighted by Gasteiger charge is -2.48. The van der Waals surface area contributed by atoms with Gasteiger partial charge < -0.3 is 19.7 Å². The summed E-state index contributed by atoms with van der Waals surface area (Å²) in [5.74, 6) is -0.109. The van der Waals surface area contributed by atoms with Crippen LogP contribution in [0.4, 0.5) is 18.0 Å². The normalized spacial score (nSPS) is 25.7. The highest BCUT2D eigenvalue weighted by atomic mass is 35.5. The van der Waals surface area contributed by atoms with Gasteiger partial charge in [-0.25, -0.2) is 4.79 Å². The third-order valence-electron chi connectivity index (χ3n) is 5.44. The topological polar surface area (TPSA) is 67.9 Å². The van der Waals surface area contributed by atoms with Crippen molar-refractivity contribution >= 4 is 23.6 Å². The molecule has 1 aromatic rings. The van der Waals surface area contributed by atoms with E-state index in [1.54, 1.807) is 4.90 Å². The molecule has 1 aromatic carbocycles. The first-order valence-corrected chi connectivity index (χ1v) is 9.24. The van der Waals surface area contributed by atoms with E-state index in [2.05, 4.69) is 5.32 Å². The van der Waals surface area contributed by atoms with Gasteiger partial charge in [-0.05, 0) is 30.5 Å². The van der Waals surface area contributed by atoms with Gasteiger partial charge in [0.15, 0.2) is 0 Å². The number of halogens is 4. The maximum atomic E-state index is 12.7. The fourth-order valence-corrected chi connectivity index (χ4v) is 3.95. The number of benzene rings is 1. The Kier molecular flexibility index (Phi) is 4.70. The molecular weight excluding hydrogens is 401 g/mol. The second-order valence-corrected chi connectivity index (χ2v) is 7.99. The minimum atomic E-state index is -4.44. The third kappa shape index (κ3) is 3.65. The fraction of sp³-hybridized carbons (Fsp3) is 0.556. The lowest BCUT2D eigenvalue weighted by Crippen LogP contribution is -2.71. The lowest BCUT2D eigenvalue weighted by atomic mass is 9.79. The number of alkyl carbamates (subject to hydrolysis) is 1. The van der Waals surface area contributed by atoms with E-state index in [4.69, 9.17) is 21.1 Å². The molecule has 10 heteroatoms. The van der Waals surface area contributed by atoms with Gasteiger partial charge in [-0.15, -0.1) is 0 Å². The van der Waals surface area contributed by atoms with Gasteiger partial charge in [-0.2, -0.15) is 13.2 Å². The molecule has 3 fully saturated rings. The van der Waals surface area contributed by atoms with Gasteiger partial charge in [0.05, 0.1) is 18.3 Å². The molecule has 1 aliphatic carbocycles. The summed E-state index contributed by atoms with van der Waals surface area (Å²) in [7, 11) is 0. The zero-order chi connectivity index (χ0) is 20.1. The Morgan fingerprint density at radius 3 is 2.64 bits per heavy atom. The molecule has 1 saturated carbocycles. The van der Waals surface area contributed by atoms with Crippen LogP contribution in [0, 0.1) is 5.92 Å². The lowest BCUT2D eigenvalue weighted by molar-refractivity contribution is -0.153. The molecule has 2 heterocycles. The summed E-state index contributed by atoms with van der Waals surface area (Å²) < 4.78 is 48.5. The summed E-state index contributed by atoms with van der Waals surface area (Å²) in [6.07, 6.45) is -3.90. The molecule has 2 aliphatic heterocycles. The van der Waals surface area contributed by atoms with Crippen molar-refractivity contribution in [2.45, 2.75) is 37.3 Å². The van der Waals surface area contributed by atoms with Crippen LogP contribution in [0.1, 0.15) is 24.0 Å². The average molecular weight is 419 g/mol. The number of ether oxygens (including phenoxy) is 2. The van der Waals surface area contributed by atoms with Gasteiger partial charge >= 0.3 is 12.3 Å². The number of carbonyl (C=O) groups excluding carboxylic acids is 2. The number of likely N-dealkylation sites (tertiary alicyclic amines) is 1. The van der Waals surface area contributed by atoms with E-state index in [0.29, 0.717) is 31.5 Å². The largest absolute Gasteiger partial charge is 0.447 e. The van der Waals surface area contributed by atoms with Crippen LogP contribution in [0.15, 0.2) is 18.2 Å². The standard InChI is InChI=1S/C18H18ClF3N2O4/c19-14-5-12(18(20,21)22)2-1-10(14)6-27-13-3-11(4-13)15(25)24-7-17(8-24)9-28-16(26)23-17/h1-2,5,11,13H,3-4,6-9H2,(H,23,26)/t11-,13+. The number of amides is 2. The van der Waals surface area contributed by atoms with Crippen molar-refractivity contribution < 1.29 is 32.2 Å². The van der Waals surface area contributed by atoms with Gasteiger partial charge in [0.25, 0.3) is 0 Å². The van der Waals surface area contributed by atoms with Crippen LogP contribution >= 0.6 is 11.6 Å².